The number of hydrogen-bond donors (Lipinski definition) is 0. The first kappa shape index (κ1) is 22.3. The molecule has 1 aliphatic rings. The van der Waals surface area contributed by atoms with Gasteiger partial charge in [-0.05, 0) is 91.8 Å². The topological polar surface area (TPSA) is 26.3 Å². The lowest BCUT2D eigenvalue weighted by molar-refractivity contribution is 0.0734. The molecule has 1 saturated carbocycles. The van der Waals surface area contributed by atoms with Crippen LogP contribution >= 0.6 is 0 Å². The second-order valence-electron chi connectivity index (χ2n) is 8.43. The molecule has 0 heterocycles. The number of rotatable bonds is 8. The summed E-state index contributed by atoms with van der Waals surface area (Å²) in [4.78, 5) is 12.4. The molecule has 0 saturated heterocycles. The summed E-state index contributed by atoms with van der Waals surface area (Å²) in [6.07, 6.45) is 10.5. The van der Waals surface area contributed by atoms with Crippen molar-refractivity contribution in [2.24, 2.45) is 5.92 Å². The maximum atomic E-state index is 13.6. The number of carbonyl (C=O) groups excluding carboxylic acids is 1. The van der Waals surface area contributed by atoms with E-state index in [0.717, 1.165) is 17.9 Å². The fourth-order valence-corrected chi connectivity index (χ4v) is 4.37. The molecule has 3 rings (SSSR count). The fourth-order valence-electron chi connectivity index (χ4n) is 4.37. The molecule has 0 aromatic heterocycles. The molecule has 0 unspecified atom stereocenters. The Hall–Kier alpha value is -2.42. The molecular weight excluding hydrogens is 375 g/mol. The number of benzene rings is 2. The highest BCUT2D eigenvalue weighted by molar-refractivity contribution is 5.91. The number of esters is 1. The van der Waals surface area contributed by atoms with Gasteiger partial charge in [0.05, 0.1) is 5.56 Å². The first-order valence-electron chi connectivity index (χ1n) is 11.4. The summed E-state index contributed by atoms with van der Waals surface area (Å²) in [5, 5.41) is 0. The third kappa shape index (κ3) is 6.29. The summed E-state index contributed by atoms with van der Waals surface area (Å²) in [6, 6.07) is 14.8. The summed E-state index contributed by atoms with van der Waals surface area (Å²) in [7, 11) is 0. The van der Waals surface area contributed by atoms with Gasteiger partial charge < -0.3 is 4.74 Å². The van der Waals surface area contributed by atoms with E-state index in [4.69, 9.17) is 4.74 Å². The molecular formula is C27H33FO2. The zero-order valence-corrected chi connectivity index (χ0v) is 18.2. The van der Waals surface area contributed by atoms with Crippen LogP contribution in [0.15, 0.2) is 54.4 Å². The normalized spacial score (nSPS) is 19.5. The average molecular weight is 409 g/mol. The highest BCUT2D eigenvalue weighted by Gasteiger charge is 2.21. The van der Waals surface area contributed by atoms with Crippen LogP contribution in [0.25, 0.3) is 6.08 Å². The molecule has 0 N–H and O–H groups in total. The molecule has 160 valence electrons. The summed E-state index contributed by atoms with van der Waals surface area (Å²) >= 11 is 0. The molecule has 30 heavy (non-hydrogen) atoms. The second kappa shape index (κ2) is 11.1. The molecule has 1 aliphatic carbocycles. The molecule has 0 atom stereocenters. The molecule has 0 amide bonds. The molecule has 3 heteroatoms. The van der Waals surface area contributed by atoms with Crippen LogP contribution < -0.4 is 4.74 Å². The van der Waals surface area contributed by atoms with E-state index in [1.165, 1.54) is 50.2 Å². The van der Waals surface area contributed by atoms with Crippen LogP contribution in [0.5, 0.6) is 5.75 Å². The number of allylic oxidation sites excluding steroid dienone is 1. The number of halogens is 1. The van der Waals surface area contributed by atoms with E-state index < -0.39 is 5.97 Å². The zero-order chi connectivity index (χ0) is 21.3. The minimum absolute atomic E-state index is 0.147. The standard InChI is InChI=1S/C27H33FO2/c1-3-5-20-7-11-22(12-8-20)23-15-17-26(18-16-23)30-27(29)24-13-9-21(10-14-24)19-25(28)6-4-2/h9-10,13-20,22H,3-8,11-12H2,1-2H3/b25-19+. The third-order valence-corrected chi connectivity index (χ3v) is 6.06. The van der Waals surface area contributed by atoms with Gasteiger partial charge in [-0.3, -0.25) is 0 Å². The SMILES string of the molecule is CCC/C(F)=C\c1ccc(C(=O)Oc2ccc(C3CCC(CCC)CC3)cc2)cc1. The van der Waals surface area contributed by atoms with Gasteiger partial charge in [0.15, 0.2) is 0 Å². The first-order valence-corrected chi connectivity index (χ1v) is 11.4. The van der Waals surface area contributed by atoms with Gasteiger partial charge in [-0.1, -0.05) is 51.0 Å². The predicted molar refractivity (Wildman–Crippen MR) is 121 cm³/mol. The van der Waals surface area contributed by atoms with Crippen molar-refractivity contribution < 1.29 is 13.9 Å². The van der Waals surface area contributed by atoms with Gasteiger partial charge in [-0.15, -0.1) is 0 Å². The molecule has 2 aromatic rings. The van der Waals surface area contributed by atoms with E-state index >= 15 is 0 Å². The minimum atomic E-state index is -0.396. The summed E-state index contributed by atoms with van der Waals surface area (Å²) < 4.78 is 19.1. The van der Waals surface area contributed by atoms with Gasteiger partial charge >= 0.3 is 5.97 Å². The predicted octanol–water partition coefficient (Wildman–Crippen LogP) is 8.09. The Kier molecular flexibility index (Phi) is 8.24. The average Bonchev–Trinajstić information content (AvgIpc) is 2.76. The third-order valence-electron chi connectivity index (χ3n) is 6.06. The Morgan fingerprint density at radius 2 is 1.63 bits per heavy atom. The van der Waals surface area contributed by atoms with Crippen LogP contribution in [-0.2, 0) is 0 Å². The Morgan fingerprint density at radius 3 is 2.23 bits per heavy atom. The Labute approximate surface area is 180 Å². The number of carbonyl (C=O) groups is 1. The number of hydrogen-bond acceptors (Lipinski definition) is 2. The molecule has 1 fully saturated rings. The Morgan fingerprint density at radius 1 is 0.967 bits per heavy atom. The van der Waals surface area contributed by atoms with E-state index in [0.29, 0.717) is 23.7 Å². The van der Waals surface area contributed by atoms with E-state index in [2.05, 4.69) is 19.1 Å². The van der Waals surface area contributed by atoms with Crippen molar-refractivity contribution >= 4 is 12.0 Å². The van der Waals surface area contributed by atoms with Crippen molar-refractivity contribution in [3.63, 3.8) is 0 Å². The Bertz CT molecular complexity index is 828. The molecule has 0 aliphatic heterocycles. The smallest absolute Gasteiger partial charge is 0.343 e. The minimum Gasteiger partial charge on any atom is -0.423 e. The van der Waals surface area contributed by atoms with Gasteiger partial charge in [0.1, 0.15) is 11.6 Å². The summed E-state index contributed by atoms with van der Waals surface area (Å²) in [5.41, 5.74) is 2.55. The summed E-state index contributed by atoms with van der Waals surface area (Å²) in [5.74, 6) is 1.54. The van der Waals surface area contributed by atoms with Crippen LogP contribution in [0, 0.1) is 5.92 Å². The van der Waals surface area contributed by atoms with Gasteiger partial charge in [0.25, 0.3) is 0 Å². The fraction of sp³-hybridized carbons (Fsp3) is 0.444. The molecule has 2 aromatic carbocycles. The monoisotopic (exact) mass is 408 g/mol. The maximum Gasteiger partial charge on any atom is 0.343 e. The van der Waals surface area contributed by atoms with Crippen LogP contribution in [0.2, 0.25) is 0 Å². The first-order chi connectivity index (χ1) is 14.6. The van der Waals surface area contributed by atoms with Crippen LogP contribution in [0.3, 0.4) is 0 Å². The molecule has 2 nitrogen and oxygen atoms in total. The van der Waals surface area contributed by atoms with Crippen molar-refractivity contribution in [2.75, 3.05) is 0 Å². The molecule has 0 bridgehead atoms. The van der Waals surface area contributed by atoms with Crippen molar-refractivity contribution in [3.8, 4) is 5.75 Å². The van der Waals surface area contributed by atoms with E-state index in [1.807, 2.05) is 19.1 Å². The van der Waals surface area contributed by atoms with E-state index in [9.17, 15) is 9.18 Å². The lowest BCUT2D eigenvalue weighted by Gasteiger charge is -2.28. The van der Waals surface area contributed by atoms with E-state index in [1.54, 1.807) is 24.3 Å². The second-order valence-corrected chi connectivity index (χ2v) is 8.43. The maximum absolute atomic E-state index is 13.6. The molecule has 0 spiro atoms. The van der Waals surface area contributed by atoms with Gasteiger partial charge in [-0.2, -0.15) is 0 Å². The van der Waals surface area contributed by atoms with E-state index in [-0.39, 0.29) is 5.83 Å². The number of ether oxygens (including phenoxy) is 1. The lowest BCUT2D eigenvalue weighted by Crippen LogP contribution is -2.13. The van der Waals surface area contributed by atoms with Gasteiger partial charge in [0, 0.05) is 0 Å². The van der Waals surface area contributed by atoms with Gasteiger partial charge in [-0.25, -0.2) is 9.18 Å². The largest absolute Gasteiger partial charge is 0.423 e. The van der Waals surface area contributed by atoms with Crippen LogP contribution in [0.4, 0.5) is 4.39 Å². The van der Waals surface area contributed by atoms with Crippen molar-refractivity contribution in [3.05, 3.63) is 71.0 Å². The Balaban J connectivity index is 1.55. The highest BCUT2D eigenvalue weighted by atomic mass is 19.1. The van der Waals surface area contributed by atoms with Crippen molar-refractivity contribution in [1.82, 2.24) is 0 Å². The van der Waals surface area contributed by atoms with Crippen molar-refractivity contribution in [2.45, 2.75) is 71.1 Å². The van der Waals surface area contributed by atoms with Crippen molar-refractivity contribution in [1.29, 1.82) is 0 Å². The van der Waals surface area contributed by atoms with Crippen LogP contribution in [-0.4, -0.2) is 5.97 Å². The van der Waals surface area contributed by atoms with Crippen LogP contribution in [0.1, 0.15) is 92.6 Å². The highest BCUT2D eigenvalue weighted by Crippen LogP contribution is 2.37. The lowest BCUT2D eigenvalue weighted by atomic mass is 9.77. The summed E-state index contributed by atoms with van der Waals surface area (Å²) in [6.45, 7) is 4.21. The quantitative estimate of drug-likeness (QED) is 0.326. The zero-order valence-electron chi connectivity index (χ0n) is 18.2. The van der Waals surface area contributed by atoms with Gasteiger partial charge in [0.2, 0.25) is 0 Å². The molecule has 0 radical (unpaired) electrons.